The molecule has 4 fully saturated rings. The summed E-state index contributed by atoms with van der Waals surface area (Å²) < 4.78 is 0.0462. The van der Waals surface area contributed by atoms with Gasteiger partial charge in [-0.25, -0.2) is 0 Å². The molecule has 3 nitrogen and oxygen atoms in total. The summed E-state index contributed by atoms with van der Waals surface area (Å²) in [7, 11) is 0. The molecule has 0 aromatic carbocycles. The zero-order valence-electron chi connectivity index (χ0n) is 11.9. The average Bonchev–Trinajstić information content (AvgIpc) is 2.57. The second-order valence-corrected chi connectivity index (χ2v) is 7.77. The van der Waals surface area contributed by atoms with Crippen LogP contribution in [0.4, 0.5) is 0 Å². The van der Waals surface area contributed by atoms with Crippen molar-refractivity contribution in [2.24, 2.45) is 23.2 Å². The van der Waals surface area contributed by atoms with Crippen LogP contribution in [0.3, 0.4) is 0 Å². The number of carbonyl (C=O) groups is 1. The van der Waals surface area contributed by atoms with E-state index >= 15 is 0 Å². The van der Waals surface area contributed by atoms with Crippen LogP contribution in [-0.4, -0.2) is 29.6 Å². The van der Waals surface area contributed by atoms with Gasteiger partial charge in [-0.05, 0) is 43.9 Å². The van der Waals surface area contributed by atoms with Crippen molar-refractivity contribution in [2.45, 2.75) is 57.9 Å². The summed E-state index contributed by atoms with van der Waals surface area (Å²) in [5.74, 6) is 1.91. The van der Waals surface area contributed by atoms with E-state index in [2.05, 4.69) is 6.92 Å². The van der Waals surface area contributed by atoms with Gasteiger partial charge in [0, 0.05) is 24.2 Å². The largest absolute Gasteiger partial charge is 0.633 e. The maximum absolute atomic E-state index is 13.3. The summed E-state index contributed by atoms with van der Waals surface area (Å²) >= 11 is 0. The van der Waals surface area contributed by atoms with E-state index in [-0.39, 0.29) is 22.0 Å². The molecule has 3 heteroatoms. The predicted molar refractivity (Wildman–Crippen MR) is 73.1 cm³/mol. The Morgan fingerprint density at radius 3 is 2.89 bits per heavy atom. The molecule has 0 amide bonds. The Morgan fingerprint density at radius 2 is 2.05 bits per heavy atom. The lowest BCUT2D eigenvalue weighted by atomic mass is 9.55. The summed E-state index contributed by atoms with van der Waals surface area (Å²) in [4.78, 5) is 12.5. The molecule has 4 rings (SSSR count). The van der Waals surface area contributed by atoms with Crippen molar-refractivity contribution in [3.63, 3.8) is 0 Å². The molecule has 2 bridgehead atoms. The van der Waals surface area contributed by atoms with Gasteiger partial charge in [0.1, 0.15) is 5.78 Å². The lowest BCUT2D eigenvalue weighted by Crippen LogP contribution is -2.65. The van der Waals surface area contributed by atoms with Gasteiger partial charge in [0.25, 0.3) is 0 Å². The third kappa shape index (κ3) is 1.43. The van der Waals surface area contributed by atoms with E-state index in [1.165, 1.54) is 6.42 Å². The number of quaternary nitrogens is 1. The molecule has 2 heterocycles. The summed E-state index contributed by atoms with van der Waals surface area (Å²) in [5, 5.41) is 13.3. The van der Waals surface area contributed by atoms with Gasteiger partial charge >= 0.3 is 0 Å². The number of nitrogens with zero attached hydrogens (tertiary/aromatic N) is 1. The van der Waals surface area contributed by atoms with Crippen molar-refractivity contribution >= 4 is 5.78 Å². The van der Waals surface area contributed by atoms with E-state index in [9.17, 15) is 10.0 Å². The van der Waals surface area contributed by atoms with Gasteiger partial charge in [-0.15, -0.1) is 0 Å². The minimum absolute atomic E-state index is 0.0462. The first kappa shape index (κ1) is 12.3. The Morgan fingerprint density at radius 1 is 1.26 bits per heavy atom. The van der Waals surface area contributed by atoms with Crippen LogP contribution < -0.4 is 0 Å². The highest BCUT2D eigenvalue weighted by atomic mass is 16.5. The molecule has 2 aliphatic carbocycles. The molecule has 2 saturated heterocycles. The average molecular weight is 263 g/mol. The van der Waals surface area contributed by atoms with Crippen molar-refractivity contribution in [2.75, 3.05) is 13.1 Å². The Kier molecular flexibility index (Phi) is 2.48. The highest BCUT2D eigenvalue weighted by Gasteiger charge is 2.66. The van der Waals surface area contributed by atoms with Crippen molar-refractivity contribution in [1.29, 1.82) is 0 Å². The molecule has 0 aromatic heterocycles. The maximum atomic E-state index is 13.3. The quantitative estimate of drug-likeness (QED) is 0.498. The number of Topliss-reactive ketones (excluding diaryl/α,β-unsaturated/α-hetero) is 1. The lowest BCUT2D eigenvalue weighted by Gasteiger charge is -2.62. The first-order chi connectivity index (χ1) is 9.06. The van der Waals surface area contributed by atoms with E-state index in [4.69, 9.17) is 0 Å². The Balaban J connectivity index is 1.87. The molecule has 4 aliphatic rings. The molecule has 2 saturated carbocycles. The molecule has 1 spiro atoms. The molecule has 19 heavy (non-hydrogen) atoms. The number of carbonyl (C=O) groups excluding carboxylic acids is 1. The van der Waals surface area contributed by atoms with Crippen LogP contribution in [0.25, 0.3) is 0 Å². The molecule has 2 aliphatic heterocycles. The number of hydroxylamine groups is 3. The third-order valence-electron chi connectivity index (χ3n) is 6.92. The zero-order chi connectivity index (χ0) is 13.3. The van der Waals surface area contributed by atoms with Gasteiger partial charge in [-0.3, -0.25) is 4.79 Å². The Labute approximate surface area is 115 Å². The van der Waals surface area contributed by atoms with Crippen molar-refractivity contribution in [1.82, 2.24) is 0 Å². The number of piperidine rings is 1. The van der Waals surface area contributed by atoms with E-state index in [0.29, 0.717) is 17.6 Å². The van der Waals surface area contributed by atoms with Crippen molar-refractivity contribution in [3.05, 3.63) is 5.21 Å². The third-order valence-corrected chi connectivity index (χ3v) is 6.92. The van der Waals surface area contributed by atoms with Crippen LogP contribution in [0.15, 0.2) is 0 Å². The Hall–Kier alpha value is -0.410. The van der Waals surface area contributed by atoms with Crippen LogP contribution in [-0.2, 0) is 4.79 Å². The number of ketones is 1. The van der Waals surface area contributed by atoms with Crippen LogP contribution in [0.1, 0.15) is 51.9 Å². The van der Waals surface area contributed by atoms with Crippen LogP contribution in [0.2, 0.25) is 0 Å². The minimum Gasteiger partial charge on any atom is -0.633 e. The first-order valence-corrected chi connectivity index (χ1v) is 8.17. The molecule has 6 atom stereocenters. The van der Waals surface area contributed by atoms with Crippen LogP contribution in [0, 0.1) is 28.4 Å². The zero-order valence-corrected chi connectivity index (χ0v) is 11.9. The molecule has 106 valence electrons. The van der Waals surface area contributed by atoms with Gasteiger partial charge in [-0.1, -0.05) is 6.92 Å². The van der Waals surface area contributed by atoms with E-state index in [0.717, 1.165) is 51.6 Å². The topological polar surface area (TPSA) is 40.1 Å². The normalized spacial score (nSPS) is 56.6. The van der Waals surface area contributed by atoms with Crippen LogP contribution in [0.5, 0.6) is 0 Å². The van der Waals surface area contributed by atoms with Gasteiger partial charge in [0.05, 0.1) is 19.1 Å². The van der Waals surface area contributed by atoms with E-state index < -0.39 is 0 Å². The Bertz CT molecular complexity index is 423. The standard InChI is InChI=1S/C16H25NO2/c1-11-8-12-10-14(18)13-4-2-6-17(19)7-3-5-16(12,13)15(17)9-11/h11-13,15H,2-10H2,1H3/t11-,12+,13-,15+,16+,17?/m1/s1. The summed E-state index contributed by atoms with van der Waals surface area (Å²) in [6, 6.07) is 0.244. The minimum atomic E-state index is 0.0462. The second-order valence-electron chi connectivity index (χ2n) is 7.77. The predicted octanol–water partition coefficient (Wildman–Crippen LogP) is 2.88. The van der Waals surface area contributed by atoms with Gasteiger partial charge in [0.15, 0.2) is 0 Å². The number of rotatable bonds is 0. The van der Waals surface area contributed by atoms with Gasteiger partial charge in [-0.2, -0.15) is 0 Å². The lowest BCUT2D eigenvalue weighted by molar-refractivity contribution is -0.920. The molecule has 0 N–H and O–H groups in total. The highest BCUT2D eigenvalue weighted by Crippen LogP contribution is 2.64. The fourth-order valence-electron chi connectivity index (χ4n) is 6.39. The van der Waals surface area contributed by atoms with E-state index in [1.807, 2.05) is 0 Å². The SMILES string of the molecule is C[C@@H]1C[C@H]2CC(=O)[C@H]3CCC[N+]4([O-])CCC[C@]23[C@@H]4C1. The summed E-state index contributed by atoms with van der Waals surface area (Å²) in [5.41, 5.74) is 0.111. The van der Waals surface area contributed by atoms with E-state index in [1.54, 1.807) is 0 Å². The second kappa shape index (κ2) is 3.82. The fraction of sp³-hybridized carbons (Fsp3) is 0.938. The van der Waals surface area contributed by atoms with Crippen LogP contribution >= 0.6 is 0 Å². The molecule has 0 aromatic rings. The highest BCUT2D eigenvalue weighted by molar-refractivity contribution is 5.85. The van der Waals surface area contributed by atoms with Crippen molar-refractivity contribution < 1.29 is 9.44 Å². The van der Waals surface area contributed by atoms with Gasteiger partial charge in [0.2, 0.25) is 0 Å². The first-order valence-electron chi connectivity index (χ1n) is 8.17. The molecular formula is C16H25NO2. The number of hydrogen-bond donors (Lipinski definition) is 0. The molecule has 1 unspecified atom stereocenters. The van der Waals surface area contributed by atoms with Gasteiger partial charge < -0.3 is 9.85 Å². The smallest absolute Gasteiger partial charge is 0.137 e. The molecular weight excluding hydrogens is 238 g/mol. The summed E-state index contributed by atoms with van der Waals surface area (Å²) in [6.45, 7) is 3.88. The maximum Gasteiger partial charge on any atom is 0.137 e. The molecule has 0 radical (unpaired) electrons. The summed E-state index contributed by atoms with van der Waals surface area (Å²) in [6.07, 6.45) is 7.23. The monoisotopic (exact) mass is 263 g/mol. The van der Waals surface area contributed by atoms with Crippen molar-refractivity contribution in [3.8, 4) is 0 Å². The number of hydrogen-bond acceptors (Lipinski definition) is 2. The fourth-order valence-corrected chi connectivity index (χ4v) is 6.39.